The van der Waals surface area contributed by atoms with E-state index in [4.69, 9.17) is 4.42 Å². The van der Waals surface area contributed by atoms with Gasteiger partial charge in [0, 0.05) is 32.2 Å². The van der Waals surface area contributed by atoms with Crippen molar-refractivity contribution < 1.29 is 9.21 Å². The van der Waals surface area contributed by atoms with E-state index in [1.165, 1.54) is 6.33 Å². The molecule has 1 amide bonds. The number of carbonyl (C=O) groups is 1. The number of aromatic nitrogens is 2. The predicted molar refractivity (Wildman–Crippen MR) is 81.6 cm³/mol. The molecular weight excluding hydrogens is 282 g/mol. The van der Waals surface area contributed by atoms with Gasteiger partial charge in [-0.2, -0.15) is 0 Å². The number of amides is 1. The van der Waals surface area contributed by atoms with Crippen molar-refractivity contribution in [3.05, 3.63) is 42.2 Å². The molecule has 3 rings (SSSR count). The van der Waals surface area contributed by atoms with Crippen LogP contribution in [0.5, 0.6) is 0 Å². The van der Waals surface area contributed by atoms with Gasteiger partial charge in [-0.15, -0.1) is 0 Å². The topological polar surface area (TPSA) is 74.5 Å². The van der Waals surface area contributed by atoms with Crippen molar-refractivity contribution in [1.29, 1.82) is 0 Å². The highest BCUT2D eigenvalue weighted by atomic mass is 16.3. The van der Waals surface area contributed by atoms with Crippen LogP contribution < -0.4 is 10.2 Å². The molecule has 0 aliphatic carbocycles. The lowest BCUT2D eigenvalue weighted by Gasteiger charge is -2.33. The highest BCUT2D eigenvalue weighted by molar-refractivity contribution is 5.92. The second kappa shape index (κ2) is 6.57. The molecule has 22 heavy (non-hydrogen) atoms. The summed E-state index contributed by atoms with van der Waals surface area (Å²) in [7, 11) is 2.10. The Bertz CT molecular complexity index is 621. The van der Waals surface area contributed by atoms with Crippen LogP contribution in [0.1, 0.15) is 16.2 Å². The molecule has 0 aromatic carbocycles. The second-order valence-electron chi connectivity index (χ2n) is 5.31. The van der Waals surface area contributed by atoms with Crippen LogP contribution in [0.4, 0.5) is 5.82 Å². The molecule has 1 fully saturated rings. The molecule has 2 aromatic heterocycles. The molecule has 0 saturated carbocycles. The minimum atomic E-state index is -0.228. The number of nitrogens with one attached hydrogen (secondary N) is 1. The quantitative estimate of drug-likeness (QED) is 0.898. The van der Waals surface area contributed by atoms with Crippen molar-refractivity contribution in [2.24, 2.45) is 0 Å². The largest absolute Gasteiger partial charge is 0.467 e. The van der Waals surface area contributed by atoms with Gasteiger partial charge in [0.05, 0.1) is 12.8 Å². The number of anilines is 1. The number of nitrogens with zero attached hydrogens (tertiary/aromatic N) is 4. The van der Waals surface area contributed by atoms with E-state index in [2.05, 4.69) is 32.1 Å². The lowest BCUT2D eigenvalue weighted by Crippen LogP contribution is -2.44. The number of hydrogen-bond acceptors (Lipinski definition) is 6. The third kappa shape index (κ3) is 3.43. The van der Waals surface area contributed by atoms with E-state index in [1.54, 1.807) is 18.4 Å². The van der Waals surface area contributed by atoms with Gasteiger partial charge in [-0.1, -0.05) is 0 Å². The van der Waals surface area contributed by atoms with Crippen molar-refractivity contribution >= 4 is 11.7 Å². The Balaban J connectivity index is 1.64. The fraction of sp³-hybridized carbons (Fsp3) is 0.400. The van der Waals surface area contributed by atoms with E-state index >= 15 is 0 Å². The third-order valence-corrected chi connectivity index (χ3v) is 3.72. The molecule has 7 nitrogen and oxygen atoms in total. The summed E-state index contributed by atoms with van der Waals surface area (Å²) >= 11 is 0. The molecule has 0 unspecified atom stereocenters. The Morgan fingerprint density at radius 2 is 2.14 bits per heavy atom. The smallest absolute Gasteiger partial charge is 0.270 e. The highest BCUT2D eigenvalue weighted by Crippen LogP contribution is 2.13. The van der Waals surface area contributed by atoms with Crippen molar-refractivity contribution in [3.63, 3.8) is 0 Å². The molecule has 0 atom stereocenters. The van der Waals surface area contributed by atoms with Gasteiger partial charge < -0.3 is 19.5 Å². The second-order valence-corrected chi connectivity index (χ2v) is 5.31. The normalized spacial score (nSPS) is 15.8. The van der Waals surface area contributed by atoms with Gasteiger partial charge in [-0.3, -0.25) is 4.79 Å². The summed E-state index contributed by atoms with van der Waals surface area (Å²) < 4.78 is 5.19. The van der Waals surface area contributed by atoms with Gasteiger partial charge >= 0.3 is 0 Å². The van der Waals surface area contributed by atoms with Crippen LogP contribution in [-0.4, -0.2) is 54.0 Å². The standard InChI is InChI=1S/C15H19N5O2/c1-19-4-6-20(7-5-19)14-9-13(17-11-18-14)15(21)16-10-12-3-2-8-22-12/h2-3,8-9,11H,4-7,10H2,1H3,(H,16,21). The number of hydrogen-bond donors (Lipinski definition) is 1. The first kappa shape index (κ1) is 14.5. The molecule has 0 spiro atoms. The van der Waals surface area contributed by atoms with Crippen LogP contribution in [0, 0.1) is 0 Å². The first-order chi connectivity index (χ1) is 10.7. The molecular formula is C15H19N5O2. The molecule has 0 radical (unpaired) electrons. The molecule has 0 bridgehead atoms. The zero-order valence-electron chi connectivity index (χ0n) is 12.5. The van der Waals surface area contributed by atoms with E-state index < -0.39 is 0 Å². The van der Waals surface area contributed by atoms with E-state index in [1.807, 2.05) is 6.07 Å². The van der Waals surface area contributed by atoms with Crippen molar-refractivity contribution in [2.75, 3.05) is 38.1 Å². The van der Waals surface area contributed by atoms with Crippen molar-refractivity contribution in [2.45, 2.75) is 6.54 Å². The van der Waals surface area contributed by atoms with Crippen molar-refractivity contribution in [3.8, 4) is 0 Å². The predicted octanol–water partition coefficient (Wildman–Crippen LogP) is 0.751. The molecule has 7 heteroatoms. The van der Waals surface area contributed by atoms with Crippen molar-refractivity contribution in [1.82, 2.24) is 20.2 Å². The van der Waals surface area contributed by atoms with Gasteiger partial charge in [-0.05, 0) is 19.2 Å². The lowest BCUT2D eigenvalue weighted by atomic mass is 10.3. The Kier molecular flexibility index (Phi) is 4.34. The van der Waals surface area contributed by atoms with E-state index in [9.17, 15) is 4.79 Å². The highest BCUT2D eigenvalue weighted by Gasteiger charge is 2.17. The molecule has 1 aliphatic rings. The zero-order valence-corrected chi connectivity index (χ0v) is 12.5. The van der Waals surface area contributed by atoms with Crippen LogP contribution in [-0.2, 0) is 6.54 Å². The number of carbonyl (C=O) groups excluding carboxylic acids is 1. The van der Waals surface area contributed by atoms with E-state index in [-0.39, 0.29) is 5.91 Å². The minimum absolute atomic E-state index is 0.228. The van der Waals surface area contributed by atoms with Gasteiger partial charge in [0.2, 0.25) is 0 Å². The van der Waals surface area contributed by atoms with Crippen LogP contribution >= 0.6 is 0 Å². The van der Waals surface area contributed by atoms with E-state index in [0.717, 1.165) is 32.0 Å². The minimum Gasteiger partial charge on any atom is -0.467 e. The molecule has 1 aliphatic heterocycles. The summed E-state index contributed by atoms with van der Waals surface area (Å²) in [5.74, 6) is 1.28. The molecule has 1 saturated heterocycles. The average Bonchev–Trinajstić information content (AvgIpc) is 3.07. The maximum Gasteiger partial charge on any atom is 0.270 e. The fourth-order valence-electron chi connectivity index (χ4n) is 2.35. The third-order valence-electron chi connectivity index (χ3n) is 3.72. The van der Waals surface area contributed by atoms with Gasteiger partial charge in [0.1, 0.15) is 23.6 Å². The number of furan rings is 1. The average molecular weight is 301 g/mol. The molecule has 1 N–H and O–H groups in total. The zero-order chi connectivity index (χ0) is 15.4. The summed E-state index contributed by atoms with van der Waals surface area (Å²) in [6.45, 7) is 4.13. The Morgan fingerprint density at radius 1 is 1.32 bits per heavy atom. The number of rotatable bonds is 4. The Morgan fingerprint density at radius 3 is 2.86 bits per heavy atom. The maximum absolute atomic E-state index is 12.2. The van der Waals surface area contributed by atoms with Crippen LogP contribution in [0.25, 0.3) is 0 Å². The molecule has 2 aromatic rings. The maximum atomic E-state index is 12.2. The van der Waals surface area contributed by atoms with Gasteiger partial charge in [0.25, 0.3) is 5.91 Å². The first-order valence-electron chi connectivity index (χ1n) is 7.28. The lowest BCUT2D eigenvalue weighted by molar-refractivity contribution is 0.0943. The summed E-state index contributed by atoms with van der Waals surface area (Å²) in [6.07, 6.45) is 3.02. The number of piperazine rings is 1. The SMILES string of the molecule is CN1CCN(c2cc(C(=O)NCc3ccco3)ncn2)CC1. The van der Waals surface area contributed by atoms with E-state index in [0.29, 0.717) is 18.0 Å². The Labute approximate surface area is 129 Å². The van der Waals surface area contributed by atoms with Crippen LogP contribution in [0.3, 0.4) is 0 Å². The van der Waals surface area contributed by atoms with Crippen LogP contribution in [0.15, 0.2) is 35.2 Å². The monoisotopic (exact) mass is 301 g/mol. The summed E-state index contributed by atoms with van der Waals surface area (Å²) in [5.41, 5.74) is 0.371. The molecule has 3 heterocycles. The summed E-state index contributed by atoms with van der Waals surface area (Å²) in [6, 6.07) is 5.34. The molecule has 116 valence electrons. The number of likely N-dealkylation sites (N-methyl/N-ethyl adjacent to an activating group) is 1. The van der Waals surface area contributed by atoms with Crippen LogP contribution in [0.2, 0.25) is 0 Å². The van der Waals surface area contributed by atoms with Gasteiger partial charge in [-0.25, -0.2) is 9.97 Å². The first-order valence-corrected chi connectivity index (χ1v) is 7.28. The summed E-state index contributed by atoms with van der Waals surface area (Å²) in [5, 5.41) is 2.79. The Hall–Kier alpha value is -2.41. The fourth-order valence-corrected chi connectivity index (χ4v) is 2.35. The summed E-state index contributed by atoms with van der Waals surface area (Å²) in [4.78, 5) is 24.9. The van der Waals surface area contributed by atoms with Gasteiger partial charge in [0.15, 0.2) is 0 Å².